The third kappa shape index (κ3) is 2.82. The summed E-state index contributed by atoms with van der Waals surface area (Å²) in [5, 5.41) is 2.62. The monoisotopic (exact) mass is 309 g/mol. The molecule has 6 nitrogen and oxygen atoms in total. The molecule has 0 aliphatic carbocycles. The van der Waals surface area contributed by atoms with Crippen LogP contribution in [0, 0.1) is 6.92 Å². The Bertz CT molecular complexity index is 570. The summed E-state index contributed by atoms with van der Waals surface area (Å²) >= 11 is 6.56. The zero-order chi connectivity index (χ0) is 13.3. The first-order valence-corrected chi connectivity index (χ1v) is 8.01. The van der Waals surface area contributed by atoms with Crippen LogP contribution < -0.4 is 10.0 Å². The van der Waals surface area contributed by atoms with Crippen LogP contribution in [0.5, 0.6) is 0 Å². The summed E-state index contributed by atoms with van der Waals surface area (Å²) in [7, 11) is -3.74. The topological polar surface area (TPSA) is 88.2 Å². The molecular weight excluding hydrogens is 298 g/mol. The summed E-state index contributed by atoms with van der Waals surface area (Å²) in [4.78, 5) is 15.4. The predicted molar refractivity (Wildman–Crippen MR) is 68.2 cm³/mol. The van der Waals surface area contributed by atoms with E-state index in [0.717, 1.165) is 17.8 Å². The molecule has 0 spiro atoms. The number of hydrogen-bond donors (Lipinski definition) is 2. The average molecular weight is 310 g/mol. The molecule has 0 aromatic carbocycles. The van der Waals surface area contributed by atoms with E-state index < -0.39 is 16.1 Å². The zero-order valence-corrected chi connectivity index (χ0v) is 12.0. The number of nitrogens with one attached hydrogen (secondary N) is 2. The van der Waals surface area contributed by atoms with Gasteiger partial charge in [-0.3, -0.25) is 4.79 Å². The summed E-state index contributed by atoms with van der Waals surface area (Å²) in [6, 6.07) is -0.718. The van der Waals surface area contributed by atoms with E-state index in [4.69, 9.17) is 11.6 Å². The van der Waals surface area contributed by atoms with Crippen LogP contribution in [-0.4, -0.2) is 31.9 Å². The number of carbonyl (C=O) groups excluding carboxylic acids is 1. The highest BCUT2D eigenvalue weighted by Crippen LogP contribution is 2.27. The Kier molecular flexibility index (Phi) is 3.90. The van der Waals surface area contributed by atoms with Crippen molar-refractivity contribution in [2.75, 3.05) is 6.54 Å². The first-order chi connectivity index (χ1) is 8.40. The van der Waals surface area contributed by atoms with Crippen LogP contribution in [0.3, 0.4) is 0 Å². The molecule has 1 aromatic rings. The number of thiazole rings is 1. The Morgan fingerprint density at radius 2 is 2.28 bits per heavy atom. The third-order valence-electron chi connectivity index (χ3n) is 2.55. The summed E-state index contributed by atoms with van der Waals surface area (Å²) in [6.07, 6.45) is 1.25. The van der Waals surface area contributed by atoms with E-state index >= 15 is 0 Å². The lowest BCUT2D eigenvalue weighted by Gasteiger charge is -2.22. The van der Waals surface area contributed by atoms with E-state index in [2.05, 4.69) is 15.0 Å². The second kappa shape index (κ2) is 5.12. The van der Waals surface area contributed by atoms with Crippen molar-refractivity contribution in [1.82, 2.24) is 15.0 Å². The van der Waals surface area contributed by atoms with Crippen molar-refractivity contribution in [3.8, 4) is 0 Å². The number of carbonyl (C=O) groups is 1. The number of rotatable bonds is 3. The van der Waals surface area contributed by atoms with Crippen LogP contribution in [0.25, 0.3) is 0 Å². The second-order valence-electron chi connectivity index (χ2n) is 3.95. The molecule has 9 heteroatoms. The number of nitrogens with zero attached hydrogens (tertiary/aromatic N) is 1. The fourth-order valence-corrected chi connectivity index (χ4v) is 4.71. The van der Waals surface area contributed by atoms with E-state index in [9.17, 15) is 13.2 Å². The first kappa shape index (κ1) is 13.7. The Labute approximate surface area is 114 Å². The van der Waals surface area contributed by atoms with Gasteiger partial charge in [-0.05, 0) is 19.8 Å². The normalized spacial score (nSPS) is 20.8. The third-order valence-corrected chi connectivity index (χ3v) is 5.90. The molecule has 18 heavy (non-hydrogen) atoms. The molecule has 1 aliphatic heterocycles. The molecular formula is C9H12ClN3O3S2. The maximum atomic E-state index is 12.1. The SMILES string of the molecule is Cc1nc(Cl)sc1S(=O)(=O)NC1CCCNC1=O. The molecule has 0 bridgehead atoms. The van der Waals surface area contributed by atoms with E-state index in [-0.39, 0.29) is 14.6 Å². The fourth-order valence-electron chi connectivity index (χ4n) is 1.73. The van der Waals surface area contributed by atoms with Gasteiger partial charge in [-0.2, -0.15) is 4.72 Å². The number of hydrogen-bond acceptors (Lipinski definition) is 5. The summed E-state index contributed by atoms with van der Waals surface area (Å²) in [6.45, 7) is 2.15. The van der Waals surface area contributed by atoms with Gasteiger partial charge in [-0.25, -0.2) is 13.4 Å². The van der Waals surface area contributed by atoms with Gasteiger partial charge < -0.3 is 5.32 Å². The molecule has 1 saturated heterocycles. The molecule has 1 atom stereocenters. The Balaban J connectivity index is 2.21. The summed E-state index contributed by atoms with van der Waals surface area (Å²) < 4.78 is 26.8. The van der Waals surface area contributed by atoms with Crippen LogP contribution >= 0.6 is 22.9 Å². The minimum Gasteiger partial charge on any atom is -0.355 e. The predicted octanol–water partition coefficient (Wildman–Crippen LogP) is 0.662. The number of aryl methyl sites for hydroxylation is 1. The standard InChI is InChI=1S/C9H12ClN3O3S2/c1-5-8(17-9(10)12-5)18(15,16)13-6-3-2-4-11-7(6)14/h6,13H,2-4H2,1H3,(H,11,14). The number of amides is 1. The van der Waals surface area contributed by atoms with Crippen LogP contribution in [0.1, 0.15) is 18.5 Å². The lowest BCUT2D eigenvalue weighted by molar-refractivity contribution is -0.124. The molecule has 1 fully saturated rings. The average Bonchev–Trinajstić information content (AvgIpc) is 2.62. The highest BCUT2D eigenvalue weighted by atomic mass is 35.5. The van der Waals surface area contributed by atoms with Crippen molar-refractivity contribution < 1.29 is 13.2 Å². The van der Waals surface area contributed by atoms with Gasteiger partial charge in [0.2, 0.25) is 5.91 Å². The van der Waals surface area contributed by atoms with E-state index in [0.29, 0.717) is 18.7 Å². The van der Waals surface area contributed by atoms with Gasteiger partial charge in [-0.1, -0.05) is 22.9 Å². The second-order valence-corrected chi connectivity index (χ2v) is 7.44. The van der Waals surface area contributed by atoms with Gasteiger partial charge in [0.05, 0.1) is 5.69 Å². The molecule has 2 heterocycles. The largest absolute Gasteiger partial charge is 0.355 e. The molecule has 1 aliphatic rings. The Morgan fingerprint density at radius 3 is 2.83 bits per heavy atom. The minimum atomic E-state index is -3.74. The van der Waals surface area contributed by atoms with Crippen molar-refractivity contribution in [1.29, 1.82) is 0 Å². The smallest absolute Gasteiger partial charge is 0.252 e. The highest BCUT2D eigenvalue weighted by Gasteiger charge is 2.30. The summed E-state index contributed by atoms with van der Waals surface area (Å²) in [5.74, 6) is -0.293. The van der Waals surface area contributed by atoms with E-state index in [1.807, 2.05) is 0 Å². The molecule has 2 N–H and O–H groups in total. The number of piperidine rings is 1. The molecule has 0 saturated carbocycles. The number of halogens is 1. The van der Waals surface area contributed by atoms with Crippen molar-refractivity contribution in [3.63, 3.8) is 0 Å². The maximum Gasteiger partial charge on any atom is 0.252 e. The number of sulfonamides is 1. The van der Waals surface area contributed by atoms with Crippen molar-refractivity contribution in [2.24, 2.45) is 0 Å². The van der Waals surface area contributed by atoms with Gasteiger partial charge in [-0.15, -0.1) is 0 Å². The van der Waals surface area contributed by atoms with Crippen LogP contribution in [0.4, 0.5) is 0 Å². The van der Waals surface area contributed by atoms with E-state index in [1.165, 1.54) is 0 Å². The lowest BCUT2D eigenvalue weighted by Crippen LogP contribution is -2.50. The van der Waals surface area contributed by atoms with Gasteiger partial charge in [0.25, 0.3) is 10.0 Å². The van der Waals surface area contributed by atoms with Crippen molar-refractivity contribution >= 4 is 38.9 Å². The minimum absolute atomic E-state index is 0.0610. The van der Waals surface area contributed by atoms with Gasteiger partial charge in [0.1, 0.15) is 6.04 Å². The number of aromatic nitrogens is 1. The van der Waals surface area contributed by atoms with Crippen LogP contribution in [-0.2, 0) is 14.8 Å². The van der Waals surface area contributed by atoms with Gasteiger partial charge >= 0.3 is 0 Å². The molecule has 100 valence electrons. The molecule has 1 amide bonds. The molecule has 1 aromatic heterocycles. The van der Waals surface area contributed by atoms with Crippen molar-refractivity contribution in [3.05, 3.63) is 10.2 Å². The maximum absolute atomic E-state index is 12.1. The Morgan fingerprint density at radius 1 is 1.56 bits per heavy atom. The van der Waals surface area contributed by atoms with Crippen molar-refractivity contribution in [2.45, 2.75) is 30.0 Å². The quantitative estimate of drug-likeness (QED) is 0.858. The highest BCUT2D eigenvalue weighted by molar-refractivity contribution is 7.91. The van der Waals surface area contributed by atoms with E-state index in [1.54, 1.807) is 6.92 Å². The fraction of sp³-hybridized carbons (Fsp3) is 0.556. The van der Waals surface area contributed by atoms with Gasteiger partial charge in [0, 0.05) is 6.54 Å². The van der Waals surface area contributed by atoms with Crippen LogP contribution in [0.15, 0.2) is 4.21 Å². The van der Waals surface area contributed by atoms with Gasteiger partial charge in [0.15, 0.2) is 8.68 Å². The molecule has 1 unspecified atom stereocenters. The first-order valence-electron chi connectivity index (χ1n) is 5.33. The molecule has 2 rings (SSSR count). The van der Waals surface area contributed by atoms with Crippen LogP contribution in [0.2, 0.25) is 4.47 Å². The Hall–Kier alpha value is -0.700. The lowest BCUT2D eigenvalue weighted by atomic mass is 10.1. The molecule has 0 radical (unpaired) electrons. The zero-order valence-electron chi connectivity index (χ0n) is 9.57. The summed E-state index contributed by atoms with van der Waals surface area (Å²) in [5.41, 5.74) is 0.341.